The molecule has 2 aromatic carbocycles. The number of carboxylic acid groups (broad SMARTS) is 1. The Morgan fingerprint density at radius 1 is 1.00 bits per heavy atom. The lowest BCUT2D eigenvalue weighted by Crippen LogP contribution is -2.28. The number of rotatable bonds is 6. The lowest BCUT2D eigenvalue weighted by Gasteiger charge is -2.19. The van der Waals surface area contributed by atoms with Gasteiger partial charge in [-0.2, -0.15) is 0 Å². The first-order valence-corrected chi connectivity index (χ1v) is 7.44. The lowest BCUT2D eigenvalue weighted by molar-refractivity contribution is -0.118. The minimum Gasteiger partial charge on any atom is -0.465 e. The topological polar surface area (TPSA) is 69.6 Å². The highest BCUT2D eigenvalue weighted by molar-refractivity contribution is 5.85. The van der Waals surface area contributed by atoms with Crippen LogP contribution in [0.1, 0.15) is 18.1 Å². The van der Waals surface area contributed by atoms with Gasteiger partial charge in [-0.15, -0.1) is 0 Å². The maximum Gasteiger partial charge on any atom is 0.412 e. The molecule has 0 saturated carbocycles. The Morgan fingerprint density at radius 2 is 1.65 bits per heavy atom. The summed E-state index contributed by atoms with van der Waals surface area (Å²) in [6, 6.07) is 16.8. The van der Waals surface area contributed by atoms with E-state index in [4.69, 9.17) is 0 Å². The highest BCUT2D eigenvalue weighted by Gasteiger charge is 2.14. The molecule has 5 heteroatoms. The Labute approximate surface area is 135 Å². The number of anilines is 1. The maximum atomic E-state index is 11.5. The number of hydrogen-bond acceptors (Lipinski definition) is 2. The predicted molar refractivity (Wildman–Crippen MR) is 89.5 cm³/mol. The fourth-order valence-corrected chi connectivity index (χ4v) is 2.26. The van der Waals surface area contributed by atoms with Crippen molar-refractivity contribution >= 4 is 17.7 Å². The first-order valence-electron chi connectivity index (χ1n) is 7.44. The molecule has 0 radical (unpaired) electrons. The summed E-state index contributed by atoms with van der Waals surface area (Å²) in [5, 5.41) is 12.2. The smallest absolute Gasteiger partial charge is 0.412 e. The van der Waals surface area contributed by atoms with Crippen molar-refractivity contribution < 1.29 is 14.7 Å². The van der Waals surface area contributed by atoms with E-state index in [0.29, 0.717) is 25.2 Å². The fourth-order valence-electron chi connectivity index (χ4n) is 2.26. The van der Waals surface area contributed by atoms with Crippen molar-refractivity contribution in [1.29, 1.82) is 0 Å². The molecule has 0 unspecified atom stereocenters. The molecule has 0 atom stereocenters. The van der Waals surface area contributed by atoms with Gasteiger partial charge in [0.05, 0.1) is 6.54 Å². The third-order valence-electron chi connectivity index (χ3n) is 3.45. The zero-order valence-corrected chi connectivity index (χ0v) is 13.0. The Kier molecular flexibility index (Phi) is 5.74. The van der Waals surface area contributed by atoms with Gasteiger partial charge in [-0.05, 0) is 29.7 Å². The predicted octanol–water partition coefficient (Wildman–Crippen LogP) is 3.05. The summed E-state index contributed by atoms with van der Waals surface area (Å²) in [4.78, 5) is 23.7. The maximum absolute atomic E-state index is 11.5. The molecule has 120 valence electrons. The summed E-state index contributed by atoms with van der Waals surface area (Å²) >= 11 is 0. The van der Waals surface area contributed by atoms with Gasteiger partial charge in [-0.25, -0.2) is 4.79 Å². The Bertz CT molecular complexity index is 654. The van der Waals surface area contributed by atoms with Gasteiger partial charge in [0.15, 0.2) is 0 Å². The van der Waals surface area contributed by atoms with E-state index < -0.39 is 6.09 Å². The van der Waals surface area contributed by atoms with Crippen LogP contribution in [0.15, 0.2) is 54.6 Å². The molecule has 0 bridgehead atoms. The molecule has 0 spiro atoms. The number of nitrogens with zero attached hydrogens (tertiary/aromatic N) is 1. The summed E-state index contributed by atoms with van der Waals surface area (Å²) in [6.07, 6.45) is -0.272. The summed E-state index contributed by atoms with van der Waals surface area (Å²) in [5.41, 5.74) is 2.61. The van der Waals surface area contributed by atoms with Gasteiger partial charge < -0.3 is 10.4 Å². The van der Waals surface area contributed by atoms with E-state index in [9.17, 15) is 14.7 Å². The van der Waals surface area contributed by atoms with Crippen LogP contribution in [0.2, 0.25) is 0 Å². The van der Waals surface area contributed by atoms with E-state index in [1.165, 1.54) is 11.8 Å². The van der Waals surface area contributed by atoms with Crippen molar-refractivity contribution in [2.45, 2.75) is 19.9 Å². The van der Waals surface area contributed by atoms with Gasteiger partial charge in [0.1, 0.15) is 0 Å². The van der Waals surface area contributed by atoms with Crippen LogP contribution in [0.5, 0.6) is 0 Å². The van der Waals surface area contributed by atoms with E-state index in [0.717, 1.165) is 11.1 Å². The number of hydrogen-bond donors (Lipinski definition) is 2. The van der Waals surface area contributed by atoms with Crippen LogP contribution < -0.4 is 10.2 Å². The summed E-state index contributed by atoms with van der Waals surface area (Å²) in [5.74, 6) is -0.0541. The Hall–Kier alpha value is -2.82. The molecule has 0 heterocycles. The minimum absolute atomic E-state index is 0.0541. The van der Waals surface area contributed by atoms with E-state index in [1.807, 2.05) is 42.5 Å². The third kappa shape index (κ3) is 5.14. The normalized spacial score (nSPS) is 10.1. The van der Waals surface area contributed by atoms with Crippen LogP contribution in [0.4, 0.5) is 10.5 Å². The molecular formula is C18H20N2O3. The van der Waals surface area contributed by atoms with E-state index >= 15 is 0 Å². The molecular weight excluding hydrogens is 292 g/mol. The molecule has 0 fully saturated rings. The molecule has 23 heavy (non-hydrogen) atoms. The summed E-state index contributed by atoms with van der Waals surface area (Å²) < 4.78 is 0. The van der Waals surface area contributed by atoms with Crippen LogP contribution in [-0.4, -0.2) is 23.7 Å². The Balaban J connectivity index is 2.05. The standard InChI is InChI=1S/C18H20N2O3/c1-14(21)19-12-11-15-7-9-17(10-8-15)20(18(22)23)13-16-5-3-2-4-6-16/h2-10H,11-13H2,1H3,(H,19,21)(H,22,23). The van der Waals surface area contributed by atoms with Crippen LogP contribution in [-0.2, 0) is 17.8 Å². The zero-order valence-electron chi connectivity index (χ0n) is 13.0. The van der Waals surface area contributed by atoms with Gasteiger partial charge in [0.25, 0.3) is 0 Å². The van der Waals surface area contributed by atoms with Crippen molar-refractivity contribution in [2.75, 3.05) is 11.4 Å². The second-order valence-corrected chi connectivity index (χ2v) is 5.25. The molecule has 0 aliphatic carbocycles. The molecule has 2 N–H and O–H groups in total. The van der Waals surface area contributed by atoms with Gasteiger partial charge in [0.2, 0.25) is 5.91 Å². The Morgan fingerprint density at radius 3 is 2.22 bits per heavy atom. The van der Waals surface area contributed by atoms with Gasteiger partial charge in [-0.3, -0.25) is 9.69 Å². The average Bonchev–Trinajstić information content (AvgIpc) is 2.54. The fraction of sp³-hybridized carbons (Fsp3) is 0.222. The molecule has 2 aromatic rings. The third-order valence-corrected chi connectivity index (χ3v) is 3.45. The second-order valence-electron chi connectivity index (χ2n) is 5.25. The molecule has 5 nitrogen and oxygen atoms in total. The van der Waals surface area contributed by atoms with E-state index in [1.54, 1.807) is 12.1 Å². The zero-order chi connectivity index (χ0) is 16.7. The number of carbonyl (C=O) groups is 2. The molecule has 0 aliphatic rings. The van der Waals surface area contributed by atoms with Crippen molar-refractivity contribution in [3.05, 3.63) is 65.7 Å². The number of amides is 2. The highest BCUT2D eigenvalue weighted by Crippen LogP contribution is 2.18. The van der Waals surface area contributed by atoms with Crippen molar-refractivity contribution in [3.8, 4) is 0 Å². The first kappa shape index (κ1) is 16.5. The number of benzene rings is 2. The highest BCUT2D eigenvalue weighted by atomic mass is 16.4. The van der Waals surface area contributed by atoms with E-state index in [2.05, 4.69) is 5.32 Å². The van der Waals surface area contributed by atoms with Gasteiger partial charge in [-0.1, -0.05) is 42.5 Å². The number of nitrogens with one attached hydrogen (secondary N) is 1. The molecule has 0 aromatic heterocycles. The summed E-state index contributed by atoms with van der Waals surface area (Å²) in [6.45, 7) is 2.36. The number of carbonyl (C=O) groups excluding carboxylic acids is 1. The molecule has 0 aliphatic heterocycles. The first-order chi connectivity index (χ1) is 11.1. The van der Waals surface area contributed by atoms with Gasteiger partial charge >= 0.3 is 6.09 Å². The largest absolute Gasteiger partial charge is 0.465 e. The van der Waals surface area contributed by atoms with Crippen LogP contribution in [0.25, 0.3) is 0 Å². The second kappa shape index (κ2) is 7.98. The molecule has 0 saturated heterocycles. The van der Waals surface area contributed by atoms with E-state index in [-0.39, 0.29) is 5.91 Å². The van der Waals surface area contributed by atoms with Crippen LogP contribution in [0, 0.1) is 0 Å². The summed E-state index contributed by atoms with van der Waals surface area (Å²) in [7, 11) is 0. The van der Waals surface area contributed by atoms with Crippen LogP contribution >= 0.6 is 0 Å². The SMILES string of the molecule is CC(=O)NCCc1ccc(N(Cc2ccccc2)C(=O)O)cc1. The van der Waals surface area contributed by atoms with Crippen molar-refractivity contribution in [1.82, 2.24) is 5.32 Å². The van der Waals surface area contributed by atoms with Gasteiger partial charge in [0, 0.05) is 19.2 Å². The lowest BCUT2D eigenvalue weighted by atomic mass is 10.1. The minimum atomic E-state index is -0.986. The van der Waals surface area contributed by atoms with Crippen molar-refractivity contribution in [3.63, 3.8) is 0 Å². The molecule has 2 amide bonds. The quantitative estimate of drug-likeness (QED) is 0.861. The van der Waals surface area contributed by atoms with Crippen LogP contribution in [0.3, 0.4) is 0 Å². The monoisotopic (exact) mass is 312 g/mol. The molecule has 2 rings (SSSR count). The van der Waals surface area contributed by atoms with Crippen molar-refractivity contribution in [2.24, 2.45) is 0 Å². The average molecular weight is 312 g/mol.